The maximum Gasteiger partial charge on any atom is 0.218 e. The topological polar surface area (TPSA) is 51.5 Å². The molecule has 1 saturated heterocycles. The van der Waals surface area contributed by atoms with Gasteiger partial charge in [0.2, 0.25) is 4.73 Å². The minimum Gasteiger partial charge on any atom is -0.381 e. The van der Waals surface area contributed by atoms with Crippen LogP contribution in [0.2, 0.25) is 0 Å². The Morgan fingerprint density at radius 1 is 1.35 bits per heavy atom. The number of nitrogens with zero attached hydrogens (tertiary/aromatic N) is 3. The van der Waals surface area contributed by atoms with E-state index in [1.165, 1.54) is 0 Å². The number of halogens is 1. The summed E-state index contributed by atoms with van der Waals surface area (Å²) in [5, 5.41) is 7.80. The zero-order chi connectivity index (χ0) is 11.7. The SMILES string of the molecule is Brc1nc2cccc(NC3CCOCC3)n2n1. The fraction of sp³-hybridized carbons (Fsp3) is 0.455. The molecule has 0 bridgehead atoms. The van der Waals surface area contributed by atoms with Gasteiger partial charge in [-0.15, -0.1) is 5.10 Å². The third kappa shape index (κ3) is 2.28. The molecule has 3 rings (SSSR count). The van der Waals surface area contributed by atoms with E-state index in [0.717, 1.165) is 37.5 Å². The summed E-state index contributed by atoms with van der Waals surface area (Å²) in [6.45, 7) is 1.66. The second kappa shape index (κ2) is 4.62. The summed E-state index contributed by atoms with van der Waals surface area (Å²) in [7, 11) is 0. The highest BCUT2D eigenvalue weighted by Gasteiger charge is 2.15. The molecular weight excluding hydrogens is 284 g/mol. The van der Waals surface area contributed by atoms with Crippen molar-refractivity contribution in [2.45, 2.75) is 18.9 Å². The average molecular weight is 297 g/mol. The molecule has 0 unspecified atom stereocenters. The molecule has 1 fully saturated rings. The Morgan fingerprint density at radius 3 is 3.00 bits per heavy atom. The third-order valence-electron chi connectivity index (χ3n) is 2.91. The van der Waals surface area contributed by atoms with E-state index in [1.807, 2.05) is 22.7 Å². The molecule has 3 heterocycles. The zero-order valence-electron chi connectivity index (χ0n) is 9.27. The molecule has 6 heteroatoms. The van der Waals surface area contributed by atoms with Gasteiger partial charge in [-0.05, 0) is 40.9 Å². The van der Waals surface area contributed by atoms with Crippen molar-refractivity contribution in [3.63, 3.8) is 0 Å². The molecule has 17 heavy (non-hydrogen) atoms. The second-order valence-electron chi connectivity index (χ2n) is 4.09. The number of pyridine rings is 1. The first-order valence-corrected chi connectivity index (χ1v) is 6.48. The number of rotatable bonds is 2. The van der Waals surface area contributed by atoms with Crippen LogP contribution in [0.4, 0.5) is 5.82 Å². The molecule has 0 spiro atoms. The Hall–Kier alpha value is -1.14. The molecule has 0 radical (unpaired) electrons. The van der Waals surface area contributed by atoms with E-state index >= 15 is 0 Å². The fourth-order valence-corrected chi connectivity index (χ4v) is 2.38. The van der Waals surface area contributed by atoms with Gasteiger partial charge < -0.3 is 10.1 Å². The van der Waals surface area contributed by atoms with E-state index < -0.39 is 0 Å². The molecule has 90 valence electrons. The van der Waals surface area contributed by atoms with Crippen molar-refractivity contribution in [1.29, 1.82) is 0 Å². The monoisotopic (exact) mass is 296 g/mol. The maximum atomic E-state index is 5.35. The summed E-state index contributed by atoms with van der Waals surface area (Å²) in [4.78, 5) is 4.27. The number of hydrogen-bond acceptors (Lipinski definition) is 4. The number of aromatic nitrogens is 3. The Labute approximate surface area is 107 Å². The van der Waals surface area contributed by atoms with Crippen LogP contribution in [-0.4, -0.2) is 33.9 Å². The predicted octanol–water partition coefficient (Wildman–Crippen LogP) is 2.08. The van der Waals surface area contributed by atoms with Crippen molar-refractivity contribution >= 4 is 27.4 Å². The van der Waals surface area contributed by atoms with Gasteiger partial charge >= 0.3 is 0 Å². The molecule has 0 aromatic carbocycles. The zero-order valence-corrected chi connectivity index (χ0v) is 10.9. The van der Waals surface area contributed by atoms with Crippen molar-refractivity contribution in [1.82, 2.24) is 14.6 Å². The van der Waals surface area contributed by atoms with Crippen LogP contribution in [0.1, 0.15) is 12.8 Å². The number of anilines is 1. The largest absolute Gasteiger partial charge is 0.381 e. The normalized spacial score (nSPS) is 17.5. The van der Waals surface area contributed by atoms with Crippen LogP contribution in [0, 0.1) is 0 Å². The van der Waals surface area contributed by atoms with Crippen LogP contribution >= 0.6 is 15.9 Å². The molecule has 1 aliphatic heterocycles. The lowest BCUT2D eigenvalue weighted by molar-refractivity contribution is 0.0903. The molecule has 0 atom stereocenters. The lowest BCUT2D eigenvalue weighted by atomic mass is 10.1. The van der Waals surface area contributed by atoms with E-state index in [4.69, 9.17) is 4.74 Å². The second-order valence-corrected chi connectivity index (χ2v) is 4.80. The van der Waals surface area contributed by atoms with Gasteiger partial charge in [-0.25, -0.2) is 4.98 Å². The molecule has 0 amide bonds. The van der Waals surface area contributed by atoms with Crippen molar-refractivity contribution in [3.8, 4) is 0 Å². The summed E-state index contributed by atoms with van der Waals surface area (Å²) in [6.07, 6.45) is 2.07. The van der Waals surface area contributed by atoms with E-state index in [-0.39, 0.29) is 0 Å². The molecule has 2 aromatic rings. The molecule has 5 nitrogen and oxygen atoms in total. The highest BCUT2D eigenvalue weighted by Crippen LogP contribution is 2.17. The van der Waals surface area contributed by atoms with E-state index in [9.17, 15) is 0 Å². The number of fused-ring (bicyclic) bond motifs is 1. The lowest BCUT2D eigenvalue weighted by Gasteiger charge is -2.24. The van der Waals surface area contributed by atoms with Crippen LogP contribution in [0.3, 0.4) is 0 Å². The van der Waals surface area contributed by atoms with E-state index in [2.05, 4.69) is 31.3 Å². The third-order valence-corrected chi connectivity index (χ3v) is 3.24. The lowest BCUT2D eigenvalue weighted by Crippen LogP contribution is -2.28. The van der Waals surface area contributed by atoms with Crippen molar-refractivity contribution in [2.75, 3.05) is 18.5 Å². The van der Waals surface area contributed by atoms with Crippen LogP contribution < -0.4 is 5.32 Å². The summed E-state index contributed by atoms with van der Waals surface area (Å²) in [5.41, 5.74) is 0.842. The van der Waals surface area contributed by atoms with Crippen molar-refractivity contribution < 1.29 is 4.74 Å². The first-order valence-electron chi connectivity index (χ1n) is 5.68. The smallest absolute Gasteiger partial charge is 0.218 e. The van der Waals surface area contributed by atoms with Crippen LogP contribution in [0.25, 0.3) is 5.65 Å². The van der Waals surface area contributed by atoms with Gasteiger partial charge in [0.05, 0.1) is 0 Å². The Kier molecular flexibility index (Phi) is 2.98. The van der Waals surface area contributed by atoms with Crippen LogP contribution in [0.5, 0.6) is 0 Å². The van der Waals surface area contributed by atoms with Crippen molar-refractivity contribution in [2.24, 2.45) is 0 Å². The van der Waals surface area contributed by atoms with Gasteiger partial charge in [-0.2, -0.15) is 4.52 Å². The first-order chi connectivity index (χ1) is 8.33. The van der Waals surface area contributed by atoms with E-state index in [0.29, 0.717) is 10.8 Å². The molecule has 1 aliphatic rings. The van der Waals surface area contributed by atoms with Crippen LogP contribution in [0.15, 0.2) is 22.9 Å². The molecule has 2 aromatic heterocycles. The minimum atomic E-state index is 0.456. The van der Waals surface area contributed by atoms with Gasteiger partial charge in [0.1, 0.15) is 5.82 Å². The standard InChI is InChI=1S/C11H13BrN4O/c12-11-14-10-3-1-2-9(16(10)15-11)13-8-4-6-17-7-5-8/h1-3,8,13H,4-7H2. The molecular formula is C11H13BrN4O. The highest BCUT2D eigenvalue weighted by atomic mass is 79.9. The Morgan fingerprint density at radius 2 is 2.18 bits per heavy atom. The number of hydrogen-bond donors (Lipinski definition) is 1. The van der Waals surface area contributed by atoms with Gasteiger partial charge in [0, 0.05) is 19.3 Å². The fourth-order valence-electron chi connectivity index (χ4n) is 2.04. The van der Waals surface area contributed by atoms with Gasteiger partial charge in [-0.1, -0.05) is 6.07 Å². The quantitative estimate of drug-likeness (QED) is 0.922. The summed E-state index contributed by atoms with van der Waals surface area (Å²) in [5.74, 6) is 0.979. The first kappa shape index (κ1) is 11.0. The maximum absolute atomic E-state index is 5.35. The predicted molar refractivity (Wildman–Crippen MR) is 68.2 cm³/mol. The summed E-state index contributed by atoms with van der Waals surface area (Å²) >= 11 is 3.29. The van der Waals surface area contributed by atoms with E-state index in [1.54, 1.807) is 0 Å². The molecule has 1 N–H and O–H groups in total. The Balaban J connectivity index is 1.88. The van der Waals surface area contributed by atoms with Gasteiger partial charge in [0.25, 0.3) is 0 Å². The average Bonchev–Trinajstić information content (AvgIpc) is 2.72. The molecule has 0 saturated carbocycles. The van der Waals surface area contributed by atoms with Gasteiger partial charge in [-0.3, -0.25) is 0 Å². The summed E-state index contributed by atoms with van der Waals surface area (Å²) < 4.78 is 7.78. The Bertz CT molecular complexity index is 521. The molecule has 0 aliphatic carbocycles. The van der Waals surface area contributed by atoms with Gasteiger partial charge in [0.15, 0.2) is 5.65 Å². The summed E-state index contributed by atoms with van der Waals surface area (Å²) in [6, 6.07) is 6.39. The number of nitrogens with one attached hydrogen (secondary N) is 1. The van der Waals surface area contributed by atoms with Crippen LogP contribution in [-0.2, 0) is 4.74 Å². The van der Waals surface area contributed by atoms with Crippen molar-refractivity contribution in [3.05, 3.63) is 22.9 Å². The minimum absolute atomic E-state index is 0.456. The highest BCUT2D eigenvalue weighted by molar-refractivity contribution is 9.10. The number of ether oxygens (including phenoxy) is 1.